The molecule has 0 aliphatic rings. The highest BCUT2D eigenvalue weighted by molar-refractivity contribution is 5.71. The van der Waals surface area contributed by atoms with Crippen molar-refractivity contribution in [3.8, 4) is 0 Å². The summed E-state index contributed by atoms with van der Waals surface area (Å²) < 4.78 is 4.85. The Hall–Kier alpha value is -1.35. The molecule has 1 rings (SSSR count). The molecule has 0 amide bonds. The molecule has 1 unspecified atom stereocenters. The largest absolute Gasteiger partial charge is 0.465 e. The maximum atomic E-state index is 11.2. The van der Waals surface area contributed by atoms with E-state index in [4.69, 9.17) is 4.74 Å². The van der Waals surface area contributed by atoms with Gasteiger partial charge in [-0.1, -0.05) is 29.8 Å². The van der Waals surface area contributed by atoms with E-state index in [0.29, 0.717) is 6.61 Å². The van der Waals surface area contributed by atoms with E-state index in [1.807, 2.05) is 19.9 Å². The minimum atomic E-state index is -0.206. The monoisotopic (exact) mass is 221 g/mol. The van der Waals surface area contributed by atoms with E-state index < -0.39 is 0 Å². The zero-order valence-corrected chi connectivity index (χ0v) is 10.1. The van der Waals surface area contributed by atoms with Gasteiger partial charge in [-0.15, -0.1) is 0 Å². The zero-order valence-electron chi connectivity index (χ0n) is 10.1. The Labute approximate surface area is 96.8 Å². The van der Waals surface area contributed by atoms with E-state index in [2.05, 4.69) is 30.4 Å². The van der Waals surface area contributed by atoms with Crippen molar-refractivity contribution in [1.29, 1.82) is 0 Å². The van der Waals surface area contributed by atoms with Gasteiger partial charge >= 0.3 is 5.97 Å². The fraction of sp³-hybridized carbons (Fsp3) is 0.462. The molecular formula is C13H19NO2. The van der Waals surface area contributed by atoms with Crippen LogP contribution in [0.25, 0.3) is 0 Å². The third-order valence-electron chi connectivity index (χ3n) is 2.40. The van der Waals surface area contributed by atoms with Gasteiger partial charge in [-0.05, 0) is 26.3 Å². The Balaban J connectivity index is 2.46. The van der Waals surface area contributed by atoms with Gasteiger partial charge in [-0.2, -0.15) is 0 Å². The Morgan fingerprint density at radius 1 is 1.50 bits per heavy atom. The summed E-state index contributed by atoms with van der Waals surface area (Å²) in [6.07, 6.45) is 0. The fourth-order valence-corrected chi connectivity index (χ4v) is 1.51. The molecule has 0 heterocycles. The Morgan fingerprint density at radius 3 is 2.88 bits per heavy atom. The first-order valence-electron chi connectivity index (χ1n) is 5.59. The van der Waals surface area contributed by atoms with Gasteiger partial charge in [0, 0.05) is 6.04 Å². The van der Waals surface area contributed by atoms with Crippen molar-refractivity contribution in [3.63, 3.8) is 0 Å². The smallest absolute Gasteiger partial charge is 0.319 e. The molecule has 1 atom stereocenters. The number of nitrogens with one attached hydrogen (secondary N) is 1. The average molecular weight is 221 g/mol. The molecule has 0 bridgehead atoms. The predicted molar refractivity (Wildman–Crippen MR) is 64.2 cm³/mol. The SMILES string of the molecule is CCOC(=O)CNC(C)c1cccc(C)c1. The summed E-state index contributed by atoms with van der Waals surface area (Å²) in [6, 6.07) is 8.40. The van der Waals surface area contributed by atoms with Crippen LogP contribution in [0.5, 0.6) is 0 Å². The number of ether oxygens (including phenoxy) is 1. The lowest BCUT2D eigenvalue weighted by molar-refractivity contribution is -0.142. The molecule has 0 radical (unpaired) electrons. The fourth-order valence-electron chi connectivity index (χ4n) is 1.51. The van der Waals surface area contributed by atoms with Crippen LogP contribution in [-0.2, 0) is 9.53 Å². The van der Waals surface area contributed by atoms with Crippen molar-refractivity contribution < 1.29 is 9.53 Å². The molecule has 0 aliphatic heterocycles. The third-order valence-corrected chi connectivity index (χ3v) is 2.40. The van der Waals surface area contributed by atoms with Crippen LogP contribution >= 0.6 is 0 Å². The standard InChI is InChI=1S/C13H19NO2/c1-4-16-13(15)9-14-11(3)12-7-5-6-10(2)8-12/h5-8,11,14H,4,9H2,1-3H3. The van der Waals surface area contributed by atoms with Crippen LogP contribution in [0.15, 0.2) is 24.3 Å². The molecule has 1 aromatic carbocycles. The highest BCUT2D eigenvalue weighted by Crippen LogP contribution is 2.13. The third kappa shape index (κ3) is 4.03. The molecule has 0 saturated heterocycles. The van der Waals surface area contributed by atoms with Crippen molar-refractivity contribution in [2.45, 2.75) is 26.8 Å². The van der Waals surface area contributed by atoms with Gasteiger partial charge in [-0.25, -0.2) is 0 Å². The van der Waals surface area contributed by atoms with Crippen molar-refractivity contribution in [2.75, 3.05) is 13.2 Å². The van der Waals surface area contributed by atoms with Gasteiger partial charge in [0.1, 0.15) is 0 Å². The van der Waals surface area contributed by atoms with E-state index in [-0.39, 0.29) is 18.6 Å². The molecule has 3 nitrogen and oxygen atoms in total. The number of esters is 1. The van der Waals surface area contributed by atoms with Crippen molar-refractivity contribution in [1.82, 2.24) is 5.32 Å². The number of carbonyl (C=O) groups is 1. The van der Waals surface area contributed by atoms with Gasteiger partial charge in [0.25, 0.3) is 0 Å². The second-order valence-corrected chi connectivity index (χ2v) is 3.82. The van der Waals surface area contributed by atoms with Crippen molar-refractivity contribution in [2.24, 2.45) is 0 Å². The summed E-state index contributed by atoms with van der Waals surface area (Å²) >= 11 is 0. The lowest BCUT2D eigenvalue weighted by Gasteiger charge is -2.14. The Kier molecular flexibility index (Phi) is 4.99. The maximum absolute atomic E-state index is 11.2. The number of hydrogen-bond acceptors (Lipinski definition) is 3. The van der Waals surface area contributed by atoms with E-state index in [1.54, 1.807) is 0 Å². The highest BCUT2D eigenvalue weighted by atomic mass is 16.5. The molecule has 1 aromatic rings. The molecule has 1 N–H and O–H groups in total. The second kappa shape index (κ2) is 6.28. The number of hydrogen-bond donors (Lipinski definition) is 1. The van der Waals surface area contributed by atoms with Crippen molar-refractivity contribution in [3.05, 3.63) is 35.4 Å². The number of carbonyl (C=O) groups excluding carboxylic acids is 1. The average Bonchev–Trinajstić information content (AvgIpc) is 2.26. The summed E-state index contributed by atoms with van der Waals surface area (Å²) in [5.41, 5.74) is 2.41. The van der Waals surface area contributed by atoms with Crippen molar-refractivity contribution >= 4 is 5.97 Å². The van der Waals surface area contributed by atoms with Gasteiger partial charge in [0.15, 0.2) is 0 Å². The first-order chi connectivity index (χ1) is 7.63. The zero-order chi connectivity index (χ0) is 12.0. The highest BCUT2D eigenvalue weighted by Gasteiger charge is 2.07. The Bertz CT molecular complexity index is 350. The van der Waals surface area contributed by atoms with E-state index >= 15 is 0 Å². The minimum Gasteiger partial charge on any atom is -0.465 e. The molecule has 3 heteroatoms. The second-order valence-electron chi connectivity index (χ2n) is 3.82. The molecule has 0 aliphatic carbocycles. The van der Waals surface area contributed by atoms with Crippen LogP contribution in [-0.4, -0.2) is 19.1 Å². The molecule has 0 fully saturated rings. The molecular weight excluding hydrogens is 202 g/mol. The van der Waals surface area contributed by atoms with Gasteiger partial charge < -0.3 is 10.1 Å². The normalized spacial score (nSPS) is 12.2. The summed E-state index contributed by atoms with van der Waals surface area (Å²) in [5.74, 6) is -0.206. The lowest BCUT2D eigenvalue weighted by Crippen LogP contribution is -2.27. The molecule has 16 heavy (non-hydrogen) atoms. The Morgan fingerprint density at radius 2 is 2.25 bits per heavy atom. The summed E-state index contributed by atoms with van der Waals surface area (Å²) in [5, 5.41) is 3.14. The van der Waals surface area contributed by atoms with Gasteiger partial charge in [0.2, 0.25) is 0 Å². The molecule has 0 saturated carbocycles. The predicted octanol–water partition coefficient (Wildman–Crippen LogP) is 2.21. The van der Waals surface area contributed by atoms with Crippen LogP contribution in [0, 0.1) is 6.92 Å². The van der Waals surface area contributed by atoms with Crippen LogP contribution in [0.4, 0.5) is 0 Å². The summed E-state index contributed by atoms with van der Waals surface area (Å²) in [6.45, 7) is 6.58. The lowest BCUT2D eigenvalue weighted by atomic mass is 10.1. The van der Waals surface area contributed by atoms with Crippen LogP contribution in [0.2, 0.25) is 0 Å². The van der Waals surface area contributed by atoms with E-state index in [0.717, 1.165) is 0 Å². The number of benzene rings is 1. The van der Waals surface area contributed by atoms with Crippen LogP contribution < -0.4 is 5.32 Å². The van der Waals surface area contributed by atoms with Crippen LogP contribution in [0.1, 0.15) is 31.0 Å². The summed E-state index contributed by atoms with van der Waals surface area (Å²) in [4.78, 5) is 11.2. The van der Waals surface area contributed by atoms with E-state index in [1.165, 1.54) is 11.1 Å². The maximum Gasteiger partial charge on any atom is 0.319 e. The number of rotatable bonds is 5. The molecule has 88 valence electrons. The number of aryl methyl sites for hydroxylation is 1. The summed E-state index contributed by atoms with van der Waals surface area (Å²) in [7, 11) is 0. The van der Waals surface area contributed by atoms with Gasteiger partial charge in [0.05, 0.1) is 13.2 Å². The quantitative estimate of drug-likeness (QED) is 0.775. The molecule has 0 aromatic heterocycles. The van der Waals surface area contributed by atoms with E-state index in [9.17, 15) is 4.79 Å². The van der Waals surface area contributed by atoms with Crippen LogP contribution in [0.3, 0.4) is 0 Å². The minimum absolute atomic E-state index is 0.157. The first-order valence-corrected chi connectivity index (χ1v) is 5.59. The van der Waals surface area contributed by atoms with Gasteiger partial charge in [-0.3, -0.25) is 4.79 Å². The first kappa shape index (κ1) is 12.7. The topological polar surface area (TPSA) is 38.3 Å². The molecule has 0 spiro atoms.